The summed E-state index contributed by atoms with van der Waals surface area (Å²) in [6.07, 6.45) is 13.6. The lowest BCUT2D eigenvalue weighted by atomic mass is 9.60. The lowest BCUT2D eigenvalue weighted by molar-refractivity contribution is 0.0453. The van der Waals surface area contributed by atoms with E-state index in [4.69, 9.17) is 0 Å². The molecule has 0 radical (unpaired) electrons. The molecule has 0 aromatic heterocycles. The Bertz CT molecular complexity index is 314. The largest absolute Gasteiger partial charge is 0.0880 e. The maximum absolute atomic E-state index is 2.61. The van der Waals surface area contributed by atoms with E-state index in [1.807, 2.05) is 0 Å². The molecular weight excluding hydrogens is 228 g/mol. The van der Waals surface area contributed by atoms with Crippen LogP contribution in [0.5, 0.6) is 0 Å². The summed E-state index contributed by atoms with van der Waals surface area (Å²) in [5.74, 6) is 4.48. The van der Waals surface area contributed by atoms with Crippen LogP contribution in [0, 0.1) is 35.0 Å². The summed E-state index contributed by atoms with van der Waals surface area (Å²) in [4.78, 5) is 0. The Morgan fingerprint density at radius 1 is 1.16 bits per heavy atom. The van der Waals surface area contributed by atoms with E-state index < -0.39 is 0 Å². The van der Waals surface area contributed by atoms with Crippen molar-refractivity contribution in [2.75, 3.05) is 0 Å². The van der Waals surface area contributed by atoms with Gasteiger partial charge in [0.25, 0.3) is 0 Å². The van der Waals surface area contributed by atoms with Gasteiger partial charge < -0.3 is 0 Å². The molecule has 0 aromatic rings. The summed E-state index contributed by atoms with van der Waals surface area (Å²) in [7, 11) is 0. The van der Waals surface area contributed by atoms with E-state index in [9.17, 15) is 0 Å². The SMILES string of the molecule is CC(C)C/C=C/C(C)C1CCC2C(C)CCCC12C. The molecule has 0 nitrogen and oxygen atoms in total. The Hall–Kier alpha value is -0.260. The van der Waals surface area contributed by atoms with Crippen molar-refractivity contribution in [3.05, 3.63) is 12.2 Å². The van der Waals surface area contributed by atoms with Crippen molar-refractivity contribution in [1.29, 1.82) is 0 Å². The molecule has 0 spiro atoms. The molecule has 5 unspecified atom stereocenters. The summed E-state index contributed by atoms with van der Waals surface area (Å²) in [6.45, 7) is 12.2. The van der Waals surface area contributed by atoms with E-state index in [0.717, 1.165) is 29.6 Å². The van der Waals surface area contributed by atoms with Gasteiger partial charge in [0.15, 0.2) is 0 Å². The first-order chi connectivity index (χ1) is 8.95. The fourth-order valence-electron chi connectivity index (χ4n) is 5.17. The smallest absolute Gasteiger partial charge is 0.0228 e. The highest BCUT2D eigenvalue weighted by atomic mass is 14.6. The van der Waals surface area contributed by atoms with E-state index in [1.54, 1.807) is 0 Å². The molecule has 110 valence electrons. The minimum absolute atomic E-state index is 0.638. The molecule has 0 aliphatic heterocycles. The maximum Gasteiger partial charge on any atom is -0.0228 e. The first kappa shape index (κ1) is 15.1. The van der Waals surface area contributed by atoms with Gasteiger partial charge in [-0.15, -0.1) is 0 Å². The predicted octanol–water partition coefficient (Wildman–Crippen LogP) is 6.08. The average Bonchev–Trinajstić information content (AvgIpc) is 2.67. The zero-order valence-electron chi connectivity index (χ0n) is 13.8. The number of allylic oxidation sites excluding steroid dienone is 2. The van der Waals surface area contributed by atoms with E-state index in [1.165, 1.54) is 38.5 Å². The minimum Gasteiger partial charge on any atom is -0.0880 e. The van der Waals surface area contributed by atoms with Crippen LogP contribution in [0.25, 0.3) is 0 Å². The fraction of sp³-hybridized carbons (Fsp3) is 0.895. The number of hydrogen-bond donors (Lipinski definition) is 0. The van der Waals surface area contributed by atoms with Gasteiger partial charge in [0.1, 0.15) is 0 Å². The van der Waals surface area contributed by atoms with E-state index in [-0.39, 0.29) is 0 Å². The normalized spacial score (nSPS) is 40.8. The van der Waals surface area contributed by atoms with Crippen LogP contribution in [0.2, 0.25) is 0 Å². The van der Waals surface area contributed by atoms with Crippen molar-refractivity contribution >= 4 is 0 Å². The van der Waals surface area contributed by atoms with Crippen molar-refractivity contribution in [3.8, 4) is 0 Å². The number of fused-ring (bicyclic) bond motifs is 1. The number of rotatable bonds is 4. The van der Waals surface area contributed by atoms with E-state index >= 15 is 0 Å². The summed E-state index contributed by atoms with van der Waals surface area (Å²) in [5, 5.41) is 0. The van der Waals surface area contributed by atoms with Gasteiger partial charge in [0, 0.05) is 0 Å². The Morgan fingerprint density at radius 2 is 1.89 bits per heavy atom. The molecule has 19 heavy (non-hydrogen) atoms. The van der Waals surface area contributed by atoms with Crippen molar-refractivity contribution < 1.29 is 0 Å². The molecule has 2 fully saturated rings. The highest BCUT2D eigenvalue weighted by molar-refractivity contribution is 5.04. The Morgan fingerprint density at radius 3 is 2.58 bits per heavy atom. The predicted molar refractivity (Wildman–Crippen MR) is 85.1 cm³/mol. The van der Waals surface area contributed by atoms with Crippen LogP contribution in [0.3, 0.4) is 0 Å². The Kier molecular flexibility index (Phi) is 4.79. The third kappa shape index (κ3) is 3.09. The summed E-state index contributed by atoms with van der Waals surface area (Å²) in [5.41, 5.74) is 0.638. The lowest BCUT2D eigenvalue weighted by Gasteiger charge is -2.45. The maximum atomic E-state index is 2.61. The highest BCUT2D eigenvalue weighted by Gasteiger charge is 2.50. The van der Waals surface area contributed by atoms with Gasteiger partial charge in [-0.3, -0.25) is 0 Å². The molecule has 0 heteroatoms. The Labute approximate surface area is 121 Å². The second kappa shape index (κ2) is 6.02. The lowest BCUT2D eigenvalue weighted by Crippen LogP contribution is -2.37. The van der Waals surface area contributed by atoms with Crippen LogP contribution in [-0.4, -0.2) is 0 Å². The summed E-state index contributed by atoms with van der Waals surface area (Å²) in [6, 6.07) is 0. The molecule has 0 N–H and O–H groups in total. The molecule has 0 bridgehead atoms. The van der Waals surface area contributed by atoms with Gasteiger partial charge in [-0.25, -0.2) is 0 Å². The molecular formula is C19H34. The molecule has 0 heterocycles. The van der Waals surface area contributed by atoms with Gasteiger partial charge >= 0.3 is 0 Å². The summed E-state index contributed by atoms with van der Waals surface area (Å²) >= 11 is 0. The van der Waals surface area contributed by atoms with Gasteiger partial charge in [-0.2, -0.15) is 0 Å². The van der Waals surface area contributed by atoms with Crippen LogP contribution < -0.4 is 0 Å². The number of hydrogen-bond acceptors (Lipinski definition) is 0. The average molecular weight is 262 g/mol. The molecule has 2 saturated carbocycles. The van der Waals surface area contributed by atoms with Gasteiger partial charge in [-0.1, -0.05) is 59.6 Å². The third-order valence-corrected chi connectivity index (χ3v) is 6.23. The zero-order valence-corrected chi connectivity index (χ0v) is 13.8. The van der Waals surface area contributed by atoms with Crippen LogP contribution in [0.4, 0.5) is 0 Å². The highest BCUT2D eigenvalue weighted by Crippen LogP contribution is 2.59. The molecule has 0 saturated heterocycles. The molecule has 0 aromatic carbocycles. The van der Waals surface area contributed by atoms with Crippen LogP contribution in [0.15, 0.2) is 12.2 Å². The molecule has 5 atom stereocenters. The van der Waals surface area contributed by atoms with Crippen molar-refractivity contribution in [2.45, 2.75) is 73.1 Å². The van der Waals surface area contributed by atoms with E-state index in [2.05, 4.69) is 46.8 Å². The fourth-order valence-corrected chi connectivity index (χ4v) is 5.17. The minimum atomic E-state index is 0.638. The first-order valence-corrected chi connectivity index (χ1v) is 8.61. The monoisotopic (exact) mass is 262 g/mol. The quantitative estimate of drug-likeness (QED) is 0.539. The topological polar surface area (TPSA) is 0 Å². The standard InChI is InChI=1S/C19H34/c1-14(2)8-6-9-15(3)17-11-12-18-16(4)10-7-13-19(17,18)5/h6,9,14-18H,7-8,10-13H2,1-5H3/b9-6+. The van der Waals surface area contributed by atoms with Crippen molar-refractivity contribution in [3.63, 3.8) is 0 Å². The third-order valence-electron chi connectivity index (χ3n) is 6.23. The second-order valence-corrected chi connectivity index (χ2v) is 8.08. The molecule has 0 amide bonds. The van der Waals surface area contributed by atoms with Crippen molar-refractivity contribution in [1.82, 2.24) is 0 Å². The zero-order chi connectivity index (χ0) is 14.0. The van der Waals surface area contributed by atoms with Gasteiger partial charge in [0.05, 0.1) is 0 Å². The van der Waals surface area contributed by atoms with Crippen LogP contribution in [0.1, 0.15) is 73.1 Å². The van der Waals surface area contributed by atoms with E-state index in [0.29, 0.717) is 5.41 Å². The Balaban J connectivity index is 2.02. The second-order valence-electron chi connectivity index (χ2n) is 8.08. The molecule has 2 rings (SSSR count). The first-order valence-electron chi connectivity index (χ1n) is 8.61. The van der Waals surface area contributed by atoms with Gasteiger partial charge in [-0.05, 0) is 60.7 Å². The van der Waals surface area contributed by atoms with Crippen molar-refractivity contribution in [2.24, 2.45) is 35.0 Å². The molecule has 2 aliphatic carbocycles. The van der Waals surface area contributed by atoms with Crippen LogP contribution in [-0.2, 0) is 0 Å². The van der Waals surface area contributed by atoms with Crippen LogP contribution >= 0.6 is 0 Å². The molecule has 2 aliphatic rings. The van der Waals surface area contributed by atoms with Gasteiger partial charge in [0.2, 0.25) is 0 Å². The summed E-state index contributed by atoms with van der Waals surface area (Å²) < 4.78 is 0.